The van der Waals surface area contributed by atoms with Crippen molar-refractivity contribution in [1.29, 1.82) is 0 Å². The minimum atomic E-state index is 0.805. The van der Waals surface area contributed by atoms with Crippen molar-refractivity contribution < 1.29 is 0 Å². The van der Waals surface area contributed by atoms with Crippen LogP contribution in [0.2, 0.25) is 0 Å². The Hall–Kier alpha value is -2.15. The Bertz CT molecular complexity index is 912. The van der Waals surface area contributed by atoms with Gasteiger partial charge in [-0.25, -0.2) is 4.98 Å². The third-order valence-corrected chi connectivity index (χ3v) is 5.65. The Balaban J connectivity index is 1.66. The van der Waals surface area contributed by atoms with Crippen molar-refractivity contribution in [3.63, 3.8) is 0 Å². The van der Waals surface area contributed by atoms with Gasteiger partial charge in [-0.2, -0.15) is 0 Å². The number of benzene rings is 2. The van der Waals surface area contributed by atoms with Gasteiger partial charge in [-0.15, -0.1) is 0 Å². The molecule has 0 atom stereocenters. The maximum atomic E-state index is 4.99. The monoisotopic (exact) mass is 299 g/mol. The van der Waals surface area contributed by atoms with Crippen LogP contribution in [0.5, 0.6) is 0 Å². The molecule has 2 aromatic carbocycles. The van der Waals surface area contributed by atoms with E-state index in [2.05, 4.69) is 56.3 Å². The maximum absolute atomic E-state index is 4.99. The topological polar surface area (TPSA) is 12.9 Å². The zero-order chi connectivity index (χ0) is 15.6. The number of aryl methyl sites for hydroxylation is 2. The molecule has 114 valence electrons. The van der Waals surface area contributed by atoms with Crippen LogP contribution in [0.15, 0.2) is 42.5 Å². The molecule has 1 heteroatoms. The summed E-state index contributed by atoms with van der Waals surface area (Å²) >= 11 is 0. The molecule has 6 rings (SSSR count). The lowest BCUT2D eigenvalue weighted by molar-refractivity contribution is 0.238. The van der Waals surface area contributed by atoms with Gasteiger partial charge in [-0.3, -0.25) is 0 Å². The van der Waals surface area contributed by atoms with Crippen molar-refractivity contribution >= 4 is 10.9 Å². The molecule has 3 aliphatic rings. The molecule has 0 radical (unpaired) electrons. The molecule has 0 unspecified atom stereocenters. The maximum Gasteiger partial charge on any atom is 0.0712 e. The van der Waals surface area contributed by atoms with E-state index in [9.17, 15) is 0 Å². The van der Waals surface area contributed by atoms with Gasteiger partial charge in [0.25, 0.3) is 0 Å². The van der Waals surface area contributed by atoms with E-state index in [1.807, 2.05) is 0 Å². The van der Waals surface area contributed by atoms with Crippen molar-refractivity contribution in [2.24, 2.45) is 5.92 Å². The Kier molecular flexibility index (Phi) is 2.70. The van der Waals surface area contributed by atoms with E-state index in [4.69, 9.17) is 4.98 Å². The first kappa shape index (κ1) is 13.3. The van der Waals surface area contributed by atoms with Crippen LogP contribution in [-0.2, 0) is 6.42 Å². The molecular formula is C22H21N. The quantitative estimate of drug-likeness (QED) is 0.572. The number of aromatic nitrogens is 1. The van der Waals surface area contributed by atoms with Gasteiger partial charge in [-0.1, -0.05) is 23.3 Å². The molecule has 1 heterocycles. The van der Waals surface area contributed by atoms with E-state index >= 15 is 0 Å². The Morgan fingerprint density at radius 3 is 2.48 bits per heavy atom. The van der Waals surface area contributed by atoms with Crippen LogP contribution in [0.1, 0.15) is 41.0 Å². The summed E-state index contributed by atoms with van der Waals surface area (Å²) in [6.45, 7) is 4.31. The zero-order valence-corrected chi connectivity index (χ0v) is 13.8. The largest absolute Gasteiger partial charge is 0.248 e. The van der Waals surface area contributed by atoms with Crippen LogP contribution >= 0.6 is 0 Å². The molecule has 23 heavy (non-hydrogen) atoms. The molecule has 3 aliphatic carbocycles. The minimum Gasteiger partial charge on any atom is -0.248 e. The molecule has 2 bridgehead atoms. The highest BCUT2D eigenvalue weighted by Gasteiger charge is 2.37. The number of rotatable bonds is 1. The summed E-state index contributed by atoms with van der Waals surface area (Å²) in [6.07, 6.45) is 4.07. The molecule has 0 N–H and O–H groups in total. The fraction of sp³-hybridized carbons (Fsp3) is 0.318. The summed E-state index contributed by atoms with van der Waals surface area (Å²) in [4.78, 5) is 4.99. The normalized spacial score (nSPS) is 21.8. The number of hydrogen-bond acceptors (Lipinski definition) is 1. The van der Waals surface area contributed by atoms with Gasteiger partial charge in [0.1, 0.15) is 0 Å². The second kappa shape index (κ2) is 4.67. The van der Waals surface area contributed by atoms with Crippen LogP contribution in [-0.4, -0.2) is 4.98 Å². The van der Waals surface area contributed by atoms with Crippen molar-refractivity contribution in [2.75, 3.05) is 0 Å². The summed E-state index contributed by atoms with van der Waals surface area (Å²) in [5.74, 6) is 1.76. The second-order valence-electron chi connectivity index (χ2n) is 7.56. The Labute approximate surface area is 137 Å². The van der Waals surface area contributed by atoms with Gasteiger partial charge < -0.3 is 0 Å². The molecular weight excluding hydrogens is 278 g/mol. The van der Waals surface area contributed by atoms with Gasteiger partial charge in [0.2, 0.25) is 0 Å². The summed E-state index contributed by atoms with van der Waals surface area (Å²) in [5, 5.41) is 1.29. The van der Waals surface area contributed by atoms with E-state index in [1.54, 1.807) is 11.1 Å². The van der Waals surface area contributed by atoms with Gasteiger partial charge in [0.05, 0.1) is 11.2 Å². The number of nitrogens with zero attached hydrogens (tertiary/aromatic N) is 1. The van der Waals surface area contributed by atoms with E-state index in [0.717, 1.165) is 23.0 Å². The first-order chi connectivity index (χ1) is 11.2. The van der Waals surface area contributed by atoms with Crippen LogP contribution in [0.4, 0.5) is 0 Å². The van der Waals surface area contributed by atoms with E-state index < -0.39 is 0 Å². The zero-order valence-electron chi connectivity index (χ0n) is 13.8. The third-order valence-electron chi connectivity index (χ3n) is 5.65. The predicted octanol–water partition coefficient (Wildman–Crippen LogP) is 5.57. The first-order valence-corrected chi connectivity index (χ1v) is 8.68. The average molecular weight is 299 g/mol. The third kappa shape index (κ3) is 2.10. The minimum absolute atomic E-state index is 0.805. The molecule has 1 nitrogen and oxygen atoms in total. The second-order valence-corrected chi connectivity index (χ2v) is 7.56. The summed E-state index contributed by atoms with van der Waals surface area (Å²) in [7, 11) is 0. The Morgan fingerprint density at radius 2 is 1.70 bits per heavy atom. The lowest BCUT2D eigenvalue weighted by Crippen LogP contribution is -2.30. The SMILES string of the molecule is Cc1cc(C)cc(-c2ccc3cc4c(cc3n2)C2CC(C4)C2)c1. The van der Waals surface area contributed by atoms with Crippen molar-refractivity contribution in [2.45, 2.75) is 39.0 Å². The van der Waals surface area contributed by atoms with E-state index in [1.165, 1.54) is 41.3 Å². The average Bonchev–Trinajstić information content (AvgIpc) is 2.49. The molecule has 3 aromatic rings. The fourth-order valence-electron chi connectivity index (χ4n) is 4.54. The lowest BCUT2D eigenvalue weighted by atomic mass is 9.62. The van der Waals surface area contributed by atoms with E-state index in [0.29, 0.717) is 0 Å². The highest BCUT2D eigenvalue weighted by atomic mass is 14.7. The highest BCUT2D eigenvalue weighted by Crippen LogP contribution is 2.50. The lowest BCUT2D eigenvalue weighted by Gasteiger charge is -2.42. The van der Waals surface area contributed by atoms with Gasteiger partial charge in [-0.05, 0) is 86.4 Å². The van der Waals surface area contributed by atoms with Crippen LogP contribution in [0.25, 0.3) is 22.2 Å². The van der Waals surface area contributed by atoms with Crippen molar-refractivity contribution in [3.8, 4) is 11.3 Å². The molecule has 0 saturated heterocycles. The molecule has 0 spiro atoms. The fourth-order valence-corrected chi connectivity index (χ4v) is 4.54. The van der Waals surface area contributed by atoms with Crippen molar-refractivity contribution in [3.05, 3.63) is 64.7 Å². The number of hydrogen-bond donors (Lipinski definition) is 0. The van der Waals surface area contributed by atoms with Crippen LogP contribution < -0.4 is 0 Å². The number of pyridine rings is 1. The number of fused-ring (bicyclic) bond motifs is 1. The standard InChI is InChI=1S/C22H21N/c1-13-5-14(2)7-19(6-13)21-4-3-16-11-18-10-15-8-17(9-15)20(18)12-22(16)23-21/h3-7,11-12,15,17H,8-10H2,1-2H3. The van der Waals surface area contributed by atoms with Gasteiger partial charge in [0, 0.05) is 10.9 Å². The molecule has 1 aromatic heterocycles. The summed E-state index contributed by atoms with van der Waals surface area (Å²) < 4.78 is 0. The molecule has 1 fully saturated rings. The highest BCUT2D eigenvalue weighted by molar-refractivity contribution is 5.83. The molecule has 1 saturated carbocycles. The van der Waals surface area contributed by atoms with Crippen LogP contribution in [0, 0.1) is 19.8 Å². The Morgan fingerprint density at radius 1 is 0.913 bits per heavy atom. The summed E-state index contributed by atoms with van der Waals surface area (Å²) in [5.41, 5.74) is 9.22. The molecule has 0 aliphatic heterocycles. The van der Waals surface area contributed by atoms with Crippen LogP contribution in [0.3, 0.4) is 0 Å². The first-order valence-electron chi connectivity index (χ1n) is 8.68. The molecule has 0 amide bonds. The van der Waals surface area contributed by atoms with Gasteiger partial charge in [0.15, 0.2) is 0 Å². The summed E-state index contributed by atoms with van der Waals surface area (Å²) in [6, 6.07) is 15.9. The van der Waals surface area contributed by atoms with Gasteiger partial charge >= 0.3 is 0 Å². The van der Waals surface area contributed by atoms with Crippen molar-refractivity contribution in [1.82, 2.24) is 4.98 Å². The van der Waals surface area contributed by atoms with E-state index in [-0.39, 0.29) is 0 Å². The predicted molar refractivity (Wildman–Crippen MR) is 95.8 cm³/mol. The smallest absolute Gasteiger partial charge is 0.0712 e.